The van der Waals surface area contributed by atoms with Crippen LogP contribution in [0.4, 0.5) is 10.6 Å². The van der Waals surface area contributed by atoms with Crippen LogP contribution in [0.15, 0.2) is 85.1 Å². The Kier molecular flexibility index (Phi) is 7.72. The van der Waals surface area contributed by atoms with E-state index in [9.17, 15) is 4.79 Å². The van der Waals surface area contributed by atoms with E-state index in [-0.39, 0.29) is 11.5 Å². The number of nitrogens with zero attached hydrogens (tertiary/aromatic N) is 6. The molecule has 9 nitrogen and oxygen atoms in total. The summed E-state index contributed by atoms with van der Waals surface area (Å²) in [4.78, 5) is 31.5. The Morgan fingerprint density at radius 2 is 1.63 bits per heavy atom. The molecule has 5 heterocycles. The lowest BCUT2D eigenvalue weighted by molar-refractivity contribution is 0.0245. The number of nitrogens with two attached hydrogens (primary N) is 1. The maximum Gasteiger partial charge on any atom is 0.410 e. The van der Waals surface area contributed by atoms with Crippen LogP contribution in [-0.4, -0.2) is 67.2 Å². The quantitative estimate of drug-likeness (QED) is 0.228. The van der Waals surface area contributed by atoms with Crippen LogP contribution < -0.4 is 5.73 Å². The molecule has 2 aliphatic heterocycles. The van der Waals surface area contributed by atoms with Gasteiger partial charge < -0.3 is 15.4 Å². The summed E-state index contributed by atoms with van der Waals surface area (Å²) in [6.07, 6.45) is 4.75. The van der Waals surface area contributed by atoms with Crippen LogP contribution in [0.25, 0.3) is 39.5 Å². The lowest BCUT2D eigenvalue weighted by Crippen LogP contribution is -2.42. The Bertz CT molecular complexity index is 1850. The molecule has 9 heteroatoms. The highest BCUT2D eigenvalue weighted by Gasteiger charge is 2.43. The normalized spacial score (nSPS) is 16.7. The van der Waals surface area contributed by atoms with Crippen LogP contribution in [0.5, 0.6) is 0 Å². The fraction of sp³-hybridized carbons (Fsp3) is 0.351. The lowest BCUT2D eigenvalue weighted by atomic mass is 9.77. The van der Waals surface area contributed by atoms with Gasteiger partial charge in [-0.25, -0.2) is 19.7 Å². The number of fused-ring (bicyclic) bond motifs is 1. The molecule has 0 unspecified atom stereocenters. The maximum atomic E-state index is 12.7. The average Bonchev–Trinajstić information content (AvgIpc) is 3.64. The van der Waals surface area contributed by atoms with Crippen molar-refractivity contribution in [1.82, 2.24) is 29.3 Å². The van der Waals surface area contributed by atoms with Crippen LogP contribution in [0.2, 0.25) is 0 Å². The van der Waals surface area contributed by atoms with Crippen LogP contribution in [0, 0.1) is 5.41 Å². The highest BCUT2D eigenvalue weighted by molar-refractivity contribution is 5.84. The molecule has 3 aromatic heterocycles. The van der Waals surface area contributed by atoms with Gasteiger partial charge in [0.2, 0.25) is 0 Å². The summed E-state index contributed by atoms with van der Waals surface area (Å²) in [6.45, 7) is 10.3. The average molecular weight is 616 g/mol. The van der Waals surface area contributed by atoms with Crippen LogP contribution in [-0.2, 0) is 11.3 Å². The Morgan fingerprint density at radius 3 is 2.35 bits per heavy atom. The number of nitrogen functional groups attached to an aromatic ring is 1. The Balaban J connectivity index is 1.10. The molecule has 2 N–H and O–H groups in total. The molecule has 0 atom stereocenters. The first-order chi connectivity index (χ1) is 22.2. The van der Waals surface area contributed by atoms with Gasteiger partial charge in [0.25, 0.3) is 0 Å². The molecule has 1 spiro atoms. The molecule has 2 saturated heterocycles. The molecule has 2 aromatic carbocycles. The summed E-state index contributed by atoms with van der Waals surface area (Å²) in [7, 11) is 0. The van der Waals surface area contributed by atoms with Crippen molar-refractivity contribution in [3.63, 3.8) is 0 Å². The number of imidazole rings is 1. The third kappa shape index (κ3) is 6.07. The van der Waals surface area contributed by atoms with E-state index in [4.69, 9.17) is 20.4 Å². The molecule has 0 aliphatic carbocycles. The summed E-state index contributed by atoms with van der Waals surface area (Å²) in [6, 6.07) is 26.7. The first kappa shape index (κ1) is 29.9. The molecule has 2 fully saturated rings. The van der Waals surface area contributed by atoms with Gasteiger partial charge in [-0.2, -0.15) is 0 Å². The number of benzene rings is 2. The zero-order valence-corrected chi connectivity index (χ0v) is 26.8. The first-order valence-corrected chi connectivity index (χ1v) is 16.1. The number of carbonyl (C=O) groups is 1. The SMILES string of the molecule is CC(C)(C)OC(=O)N1CCC2(CCN(Cc3ccc(-n4c(-c5cccnc5N)nc5ccc(-c6ccccc6)nc54)cc3)CC2)C1. The number of hydrogen-bond donors (Lipinski definition) is 1. The van der Waals surface area contributed by atoms with Crippen molar-refractivity contribution < 1.29 is 9.53 Å². The van der Waals surface area contributed by atoms with E-state index in [1.807, 2.05) is 68.1 Å². The number of carbonyl (C=O) groups excluding carboxylic acids is 1. The van der Waals surface area contributed by atoms with E-state index in [0.717, 1.165) is 85.7 Å². The number of ether oxygens (including phenoxy) is 1. The largest absolute Gasteiger partial charge is 0.444 e. The van der Waals surface area contributed by atoms with Crippen molar-refractivity contribution in [2.24, 2.45) is 5.41 Å². The number of likely N-dealkylation sites (tertiary alicyclic amines) is 2. The van der Waals surface area contributed by atoms with Crippen LogP contribution in [0.1, 0.15) is 45.6 Å². The molecular weight excluding hydrogens is 574 g/mol. The lowest BCUT2D eigenvalue weighted by Gasteiger charge is -2.39. The van der Waals surface area contributed by atoms with E-state index in [1.165, 1.54) is 5.56 Å². The van der Waals surface area contributed by atoms with E-state index < -0.39 is 5.60 Å². The molecule has 236 valence electrons. The second-order valence-corrected chi connectivity index (χ2v) is 13.7. The summed E-state index contributed by atoms with van der Waals surface area (Å²) in [5.74, 6) is 1.14. The standard InChI is InChI=1S/C37H41N7O2/c1-36(2,3)46-35(45)43-23-19-37(25-43)17-21-42(22-18-37)24-26-11-13-28(14-12-26)44-33(29-10-7-20-39-32(29)38)41-31-16-15-30(40-34(31)44)27-8-5-4-6-9-27/h4-16,20H,17-19,21-25H2,1-3H3,(H2,38,39). The first-order valence-electron chi connectivity index (χ1n) is 16.1. The molecule has 0 radical (unpaired) electrons. The van der Waals surface area contributed by atoms with Crippen molar-refractivity contribution in [3.05, 3.63) is 90.6 Å². The van der Waals surface area contributed by atoms with Crippen molar-refractivity contribution in [2.45, 2.75) is 52.2 Å². The van der Waals surface area contributed by atoms with Crippen LogP contribution >= 0.6 is 0 Å². The van der Waals surface area contributed by atoms with E-state index in [2.05, 4.69) is 50.8 Å². The number of pyridine rings is 2. The van der Waals surface area contributed by atoms with Crippen molar-refractivity contribution in [1.29, 1.82) is 0 Å². The molecule has 0 bridgehead atoms. The minimum absolute atomic E-state index is 0.182. The van der Waals surface area contributed by atoms with Crippen LogP contribution in [0.3, 0.4) is 0 Å². The van der Waals surface area contributed by atoms with Gasteiger partial charge >= 0.3 is 6.09 Å². The number of aromatic nitrogens is 4. The highest BCUT2D eigenvalue weighted by atomic mass is 16.6. The molecule has 46 heavy (non-hydrogen) atoms. The van der Waals surface area contributed by atoms with Gasteiger partial charge in [0.15, 0.2) is 11.5 Å². The smallest absolute Gasteiger partial charge is 0.410 e. The van der Waals surface area contributed by atoms with Crippen molar-refractivity contribution in [2.75, 3.05) is 31.9 Å². The Labute approximate surface area is 270 Å². The minimum atomic E-state index is -0.466. The van der Waals surface area contributed by atoms with Gasteiger partial charge in [0.05, 0.1) is 11.3 Å². The number of anilines is 1. The monoisotopic (exact) mass is 615 g/mol. The third-order valence-electron chi connectivity index (χ3n) is 9.26. The summed E-state index contributed by atoms with van der Waals surface area (Å²) < 4.78 is 7.72. The van der Waals surface area contributed by atoms with Gasteiger partial charge in [0, 0.05) is 37.1 Å². The molecule has 2 aliphatic rings. The predicted molar refractivity (Wildman–Crippen MR) is 181 cm³/mol. The summed E-state index contributed by atoms with van der Waals surface area (Å²) in [5.41, 5.74) is 12.6. The fourth-order valence-electron chi connectivity index (χ4n) is 6.78. The van der Waals surface area contributed by atoms with Gasteiger partial charge in [-0.05, 0) is 100 Å². The van der Waals surface area contributed by atoms with E-state index in [0.29, 0.717) is 11.6 Å². The Morgan fingerprint density at radius 1 is 0.891 bits per heavy atom. The molecule has 5 aromatic rings. The van der Waals surface area contributed by atoms with Crippen molar-refractivity contribution in [3.8, 4) is 28.3 Å². The third-order valence-corrected chi connectivity index (χ3v) is 9.26. The Hall–Kier alpha value is -4.76. The minimum Gasteiger partial charge on any atom is -0.444 e. The highest BCUT2D eigenvalue weighted by Crippen LogP contribution is 2.41. The molecule has 0 saturated carbocycles. The van der Waals surface area contributed by atoms with Crippen molar-refractivity contribution >= 4 is 23.1 Å². The second-order valence-electron chi connectivity index (χ2n) is 13.7. The fourth-order valence-corrected chi connectivity index (χ4v) is 6.78. The number of amides is 1. The molecular formula is C37H41N7O2. The molecule has 1 amide bonds. The number of hydrogen-bond acceptors (Lipinski definition) is 7. The zero-order valence-electron chi connectivity index (χ0n) is 26.8. The summed E-state index contributed by atoms with van der Waals surface area (Å²) >= 11 is 0. The van der Waals surface area contributed by atoms with Gasteiger partial charge in [-0.15, -0.1) is 0 Å². The second kappa shape index (κ2) is 11.9. The van der Waals surface area contributed by atoms with Gasteiger partial charge in [-0.1, -0.05) is 42.5 Å². The van der Waals surface area contributed by atoms with E-state index in [1.54, 1.807) is 6.20 Å². The predicted octanol–water partition coefficient (Wildman–Crippen LogP) is 6.95. The van der Waals surface area contributed by atoms with Gasteiger partial charge in [0.1, 0.15) is 16.9 Å². The zero-order chi connectivity index (χ0) is 31.9. The summed E-state index contributed by atoms with van der Waals surface area (Å²) in [5, 5.41) is 0. The number of rotatable bonds is 5. The van der Waals surface area contributed by atoms with Gasteiger partial charge in [-0.3, -0.25) is 9.47 Å². The van der Waals surface area contributed by atoms with E-state index >= 15 is 0 Å². The topological polar surface area (TPSA) is 102 Å². The maximum absolute atomic E-state index is 12.7. The molecule has 7 rings (SSSR count). The number of piperidine rings is 1.